The minimum absolute atomic E-state index is 0.511. The summed E-state index contributed by atoms with van der Waals surface area (Å²) < 4.78 is 96.4. The van der Waals surface area contributed by atoms with Crippen molar-refractivity contribution < 1.29 is 50.1 Å². The Morgan fingerprint density at radius 2 is 0.903 bits per heavy atom. The molecule has 0 fully saturated rings. The highest BCUT2D eigenvalue weighted by atomic mass is 19.4. The first-order chi connectivity index (χ1) is 14.4. The number of alkyl halides is 6. The van der Waals surface area contributed by atoms with Crippen molar-refractivity contribution in [3.8, 4) is 0 Å². The second-order valence-electron chi connectivity index (χ2n) is 6.18. The molecule has 2 atom stereocenters. The van der Waals surface area contributed by atoms with Crippen LogP contribution >= 0.6 is 0 Å². The van der Waals surface area contributed by atoms with Crippen molar-refractivity contribution in [3.05, 3.63) is 71.8 Å². The maximum atomic E-state index is 13.9. The number of halogens is 6. The van der Waals surface area contributed by atoms with Gasteiger partial charge in [-0.25, -0.2) is 9.59 Å². The minimum Gasteiger partial charge on any atom is -0.388 e. The zero-order valence-corrected chi connectivity index (χ0v) is 16.1. The van der Waals surface area contributed by atoms with E-state index in [1.807, 2.05) is 0 Å². The first kappa shape index (κ1) is 24.4. The highest BCUT2D eigenvalue weighted by Crippen LogP contribution is 2.46. The summed E-state index contributed by atoms with van der Waals surface area (Å²) in [6.07, 6.45) is -11.0. The molecule has 31 heavy (non-hydrogen) atoms. The fourth-order valence-corrected chi connectivity index (χ4v) is 3.00. The van der Waals surface area contributed by atoms with Gasteiger partial charge in [-0.05, 0) is 0 Å². The smallest absolute Gasteiger partial charge is 0.388 e. The van der Waals surface area contributed by atoms with Gasteiger partial charge in [-0.15, -0.1) is 0 Å². The van der Waals surface area contributed by atoms with E-state index in [4.69, 9.17) is 0 Å². The second kappa shape index (κ2) is 8.67. The van der Waals surface area contributed by atoms with Crippen LogP contribution in [0.5, 0.6) is 0 Å². The average molecular weight is 450 g/mol. The molecule has 168 valence electrons. The molecule has 0 spiro atoms. The lowest BCUT2D eigenvalue weighted by atomic mass is 9.91. The van der Waals surface area contributed by atoms with Crippen LogP contribution in [0.25, 0.3) is 0 Å². The van der Waals surface area contributed by atoms with Crippen molar-refractivity contribution in [2.75, 3.05) is 14.2 Å². The van der Waals surface area contributed by atoms with Crippen LogP contribution in [0.3, 0.4) is 0 Å². The van der Waals surface area contributed by atoms with Crippen molar-refractivity contribution in [1.29, 1.82) is 0 Å². The first-order valence-electron chi connectivity index (χ1n) is 8.50. The number of hydrogen-bond acceptors (Lipinski definition) is 5. The van der Waals surface area contributed by atoms with E-state index in [2.05, 4.69) is 14.2 Å². The first-order valence-corrected chi connectivity index (χ1v) is 8.50. The van der Waals surface area contributed by atoms with Crippen molar-refractivity contribution in [2.24, 2.45) is 0 Å². The number of carbonyl (C=O) groups is 2. The summed E-state index contributed by atoms with van der Waals surface area (Å²) in [6.45, 7) is 0. The van der Waals surface area contributed by atoms with Crippen molar-refractivity contribution in [1.82, 2.24) is 0 Å². The van der Waals surface area contributed by atoms with Gasteiger partial charge in [0.25, 0.3) is 11.2 Å². The van der Waals surface area contributed by atoms with Gasteiger partial charge in [-0.2, -0.15) is 26.3 Å². The number of carbonyl (C=O) groups excluding carboxylic acids is 2. The Balaban J connectivity index is 2.60. The Hall–Kier alpha value is -2.92. The van der Waals surface area contributed by atoms with E-state index >= 15 is 0 Å². The molecule has 0 bridgehead atoms. The Labute approximate surface area is 172 Å². The number of ether oxygens (including phenoxy) is 3. The normalized spacial score (nSPS) is 16.1. The van der Waals surface area contributed by atoms with Gasteiger partial charge in [-0.3, -0.25) is 0 Å². The molecular formula is C20H16F6O5. The van der Waals surface area contributed by atoms with E-state index in [9.17, 15) is 35.9 Å². The van der Waals surface area contributed by atoms with E-state index in [0.29, 0.717) is 14.2 Å². The number of benzene rings is 2. The molecule has 2 aromatic carbocycles. The molecule has 0 N–H and O–H groups in total. The summed E-state index contributed by atoms with van der Waals surface area (Å²) in [7, 11) is 1.02. The standard InChI is InChI=1S/C20H16F6O5/c1-29-17(19(21,22)23,13-9-5-3-6-10-13)15(27)31-16(28)18(30-2,20(24,25)26)14-11-7-4-8-12-14/h3-12H,1-2H3/t17-,18-/m1/s1. The van der Waals surface area contributed by atoms with Crippen LogP contribution in [-0.2, 0) is 35.0 Å². The zero-order valence-electron chi connectivity index (χ0n) is 16.1. The van der Waals surface area contributed by atoms with Gasteiger partial charge >= 0.3 is 24.3 Å². The molecule has 0 aliphatic heterocycles. The summed E-state index contributed by atoms with van der Waals surface area (Å²) in [6, 6.07) is 10.7. The average Bonchev–Trinajstić information content (AvgIpc) is 2.69. The molecule has 0 aliphatic rings. The van der Waals surface area contributed by atoms with Gasteiger partial charge in [0.1, 0.15) is 0 Å². The molecule has 0 aromatic heterocycles. The number of methoxy groups -OCH3 is 2. The molecule has 2 aromatic rings. The van der Waals surface area contributed by atoms with Gasteiger partial charge in [0.2, 0.25) is 0 Å². The number of rotatable bonds is 6. The van der Waals surface area contributed by atoms with Crippen LogP contribution in [0.1, 0.15) is 11.1 Å². The van der Waals surface area contributed by atoms with Crippen LogP contribution in [0, 0.1) is 0 Å². The third kappa shape index (κ3) is 4.02. The fraction of sp³-hybridized carbons (Fsp3) is 0.300. The van der Waals surface area contributed by atoms with Crippen LogP contribution in [-0.4, -0.2) is 38.5 Å². The highest BCUT2D eigenvalue weighted by Gasteiger charge is 2.68. The quantitative estimate of drug-likeness (QED) is 0.374. The number of esters is 2. The summed E-state index contributed by atoms with van der Waals surface area (Å²) in [5.41, 5.74) is -9.30. The van der Waals surface area contributed by atoms with Gasteiger partial charge < -0.3 is 14.2 Å². The lowest BCUT2D eigenvalue weighted by Gasteiger charge is -2.35. The third-order valence-electron chi connectivity index (χ3n) is 4.53. The SMILES string of the molecule is CO[C@@](C(=O)OC(=O)[C@](OC)(c1ccccc1)C(F)(F)F)(c1ccccc1)C(F)(F)F. The van der Waals surface area contributed by atoms with Crippen molar-refractivity contribution in [3.63, 3.8) is 0 Å². The van der Waals surface area contributed by atoms with Gasteiger partial charge in [0.05, 0.1) is 0 Å². The highest BCUT2D eigenvalue weighted by molar-refractivity contribution is 5.96. The molecule has 0 radical (unpaired) electrons. The molecule has 11 heteroatoms. The van der Waals surface area contributed by atoms with Crippen molar-refractivity contribution >= 4 is 11.9 Å². The lowest BCUT2D eigenvalue weighted by Crippen LogP contribution is -2.56. The fourth-order valence-electron chi connectivity index (χ4n) is 3.00. The van der Waals surface area contributed by atoms with Gasteiger partial charge in [0, 0.05) is 25.3 Å². The van der Waals surface area contributed by atoms with Gasteiger partial charge in [-0.1, -0.05) is 60.7 Å². The van der Waals surface area contributed by atoms with Crippen LogP contribution < -0.4 is 0 Å². The minimum atomic E-state index is -5.48. The van der Waals surface area contributed by atoms with Crippen molar-refractivity contribution in [2.45, 2.75) is 23.6 Å². The summed E-state index contributed by atoms with van der Waals surface area (Å²) >= 11 is 0. The van der Waals surface area contributed by atoms with Gasteiger partial charge in [0.15, 0.2) is 0 Å². The molecule has 0 amide bonds. The Bertz CT molecular complexity index is 838. The largest absolute Gasteiger partial charge is 0.432 e. The molecule has 2 rings (SSSR count). The summed E-state index contributed by atoms with van der Waals surface area (Å²) in [5, 5.41) is 0. The number of hydrogen-bond donors (Lipinski definition) is 0. The molecule has 0 saturated carbocycles. The molecule has 5 nitrogen and oxygen atoms in total. The van der Waals surface area contributed by atoms with Crippen LogP contribution in [0.4, 0.5) is 26.3 Å². The zero-order chi connectivity index (χ0) is 23.5. The van der Waals surface area contributed by atoms with E-state index in [0.717, 1.165) is 48.5 Å². The molecule has 0 aliphatic carbocycles. The van der Waals surface area contributed by atoms with E-state index in [-0.39, 0.29) is 0 Å². The Morgan fingerprint density at radius 3 is 1.13 bits per heavy atom. The Morgan fingerprint density at radius 1 is 0.613 bits per heavy atom. The molecular weight excluding hydrogens is 434 g/mol. The monoisotopic (exact) mass is 450 g/mol. The maximum Gasteiger partial charge on any atom is 0.432 e. The lowest BCUT2D eigenvalue weighted by molar-refractivity contribution is -0.287. The molecule has 0 saturated heterocycles. The third-order valence-corrected chi connectivity index (χ3v) is 4.53. The van der Waals surface area contributed by atoms with E-state index < -0.39 is 46.6 Å². The second-order valence-corrected chi connectivity index (χ2v) is 6.18. The molecule has 0 unspecified atom stereocenters. The van der Waals surface area contributed by atoms with Crippen LogP contribution in [0.15, 0.2) is 60.7 Å². The Kier molecular flexibility index (Phi) is 6.81. The predicted molar refractivity (Wildman–Crippen MR) is 93.5 cm³/mol. The summed E-state index contributed by atoms with van der Waals surface area (Å²) in [5.74, 6) is -4.80. The maximum absolute atomic E-state index is 13.9. The van der Waals surface area contributed by atoms with E-state index in [1.54, 1.807) is 0 Å². The predicted octanol–water partition coefficient (Wildman–Crippen LogP) is 4.26. The topological polar surface area (TPSA) is 61.8 Å². The van der Waals surface area contributed by atoms with E-state index in [1.165, 1.54) is 12.1 Å². The molecule has 0 heterocycles. The summed E-state index contributed by atoms with van der Waals surface area (Å²) in [4.78, 5) is 25.1. The van der Waals surface area contributed by atoms with Crippen LogP contribution in [0.2, 0.25) is 0 Å².